The predicted octanol–water partition coefficient (Wildman–Crippen LogP) is 1.42. The smallest absolute Gasteiger partial charge is 0.230 e. The number of anilines is 1. The molecular weight excluding hydrogens is 284 g/mol. The third kappa shape index (κ3) is 3.38. The van der Waals surface area contributed by atoms with Crippen LogP contribution in [0.5, 0.6) is 5.75 Å². The highest BCUT2D eigenvalue weighted by molar-refractivity contribution is 6.02. The first kappa shape index (κ1) is 15.4. The Balaban J connectivity index is 2.39. The van der Waals surface area contributed by atoms with Gasteiger partial charge in [0.2, 0.25) is 5.91 Å². The number of nitrogens with zero attached hydrogens (tertiary/aromatic N) is 5. The summed E-state index contributed by atoms with van der Waals surface area (Å²) in [6, 6.07) is 7.27. The van der Waals surface area contributed by atoms with Crippen LogP contribution in [0.4, 0.5) is 5.69 Å². The number of hydrogen-bond acceptors (Lipinski definition) is 5. The summed E-state index contributed by atoms with van der Waals surface area (Å²) < 4.78 is 5.56. The minimum absolute atomic E-state index is 0.0284. The van der Waals surface area contributed by atoms with Gasteiger partial charge in [-0.2, -0.15) is 5.26 Å². The number of hydrogen-bond donors (Lipinski definition) is 1. The number of rotatable bonds is 3. The molecule has 8 nitrogen and oxygen atoms in total. The van der Waals surface area contributed by atoms with Crippen LogP contribution in [0.25, 0.3) is 0 Å². The van der Waals surface area contributed by atoms with E-state index < -0.39 is 0 Å². The van der Waals surface area contributed by atoms with Gasteiger partial charge < -0.3 is 15.5 Å². The van der Waals surface area contributed by atoms with Crippen molar-refractivity contribution in [2.45, 2.75) is 12.8 Å². The van der Waals surface area contributed by atoms with E-state index in [9.17, 15) is 4.79 Å². The fourth-order valence-electron chi connectivity index (χ4n) is 2.04. The molecule has 0 bridgehead atoms. The second kappa shape index (κ2) is 7.17. The Kier molecular flexibility index (Phi) is 5.03. The van der Waals surface area contributed by atoms with E-state index in [2.05, 4.69) is 15.3 Å². The molecular formula is C14H16N6O2. The Bertz CT molecular complexity index is 662. The maximum atomic E-state index is 11.9. The van der Waals surface area contributed by atoms with Crippen LogP contribution in [0.2, 0.25) is 0 Å². The molecule has 0 spiro atoms. The lowest BCUT2D eigenvalue weighted by Gasteiger charge is -2.17. The van der Waals surface area contributed by atoms with Crippen molar-refractivity contribution < 1.29 is 9.53 Å². The summed E-state index contributed by atoms with van der Waals surface area (Å²) in [6.07, 6.45) is 0.599. The molecule has 0 saturated carbocycles. The molecule has 1 aliphatic heterocycles. The third-order valence-corrected chi connectivity index (χ3v) is 3.16. The molecule has 22 heavy (non-hydrogen) atoms. The first-order valence-corrected chi connectivity index (χ1v) is 6.73. The normalized spacial score (nSPS) is 15.2. The molecule has 0 aliphatic carbocycles. The van der Waals surface area contributed by atoms with Crippen molar-refractivity contribution in [3.63, 3.8) is 0 Å². The summed E-state index contributed by atoms with van der Waals surface area (Å²) in [4.78, 5) is 17.7. The molecule has 0 atom stereocenters. The van der Waals surface area contributed by atoms with Crippen molar-refractivity contribution in [3.8, 4) is 11.8 Å². The zero-order valence-electron chi connectivity index (χ0n) is 12.2. The molecule has 0 saturated heterocycles. The molecule has 0 unspecified atom stereocenters. The highest BCUT2D eigenvalue weighted by Gasteiger charge is 2.21. The Hall–Kier alpha value is -2.95. The van der Waals surface area contributed by atoms with Crippen LogP contribution < -0.4 is 15.5 Å². The quantitative estimate of drug-likeness (QED) is 0.227. The van der Waals surface area contributed by atoms with E-state index in [1.807, 2.05) is 6.07 Å². The van der Waals surface area contributed by atoms with Gasteiger partial charge in [0.25, 0.3) is 0 Å². The molecule has 1 aromatic carbocycles. The van der Waals surface area contributed by atoms with Crippen LogP contribution >= 0.6 is 0 Å². The Morgan fingerprint density at radius 3 is 3.09 bits per heavy atom. The lowest BCUT2D eigenvalue weighted by molar-refractivity contribution is -0.118. The maximum absolute atomic E-state index is 11.9. The molecule has 1 aromatic rings. The summed E-state index contributed by atoms with van der Waals surface area (Å²) in [7, 11) is 1.69. The van der Waals surface area contributed by atoms with Crippen molar-refractivity contribution in [3.05, 3.63) is 23.8 Å². The van der Waals surface area contributed by atoms with Crippen LogP contribution in [-0.4, -0.2) is 31.9 Å². The minimum Gasteiger partial charge on any atom is -0.491 e. The predicted molar refractivity (Wildman–Crippen MR) is 80.6 cm³/mol. The average molecular weight is 300 g/mol. The number of amides is 1. The second-order valence-electron chi connectivity index (χ2n) is 4.56. The monoisotopic (exact) mass is 300 g/mol. The number of carbonyl (C=O) groups excluding carboxylic acids is 1. The number of fused-ring (bicyclic) bond motifs is 1. The number of ether oxygens (including phenoxy) is 1. The van der Waals surface area contributed by atoms with Gasteiger partial charge in [0.1, 0.15) is 5.75 Å². The summed E-state index contributed by atoms with van der Waals surface area (Å²) in [5, 5.41) is 15.6. The van der Waals surface area contributed by atoms with Gasteiger partial charge in [0.05, 0.1) is 37.7 Å². The summed E-state index contributed by atoms with van der Waals surface area (Å²) >= 11 is 0. The van der Waals surface area contributed by atoms with E-state index in [1.54, 1.807) is 30.1 Å². The van der Waals surface area contributed by atoms with Gasteiger partial charge in [-0.3, -0.25) is 9.79 Å². The molecule has 1 amide bonds. The summed E-state index contributed by atoms with van der Waals surface area (Å²) in [6.45, 7) is 0.647. The largest absolute Gasteiger partial charge is 0.491 e. The summed E-state index contributed by atoms with van der Waals surface area (Å²) in [5.74, 6) is 6.01. The molecule has 0 fully saturated rings. The minimum atomic E-state index is -0.0284. The van der Waals surface area contributed by atoms with Gasteiger partial charge in [0.15, 0.2) is 5.84 Å². The van der Waals surface area contributed by atoms with Crippen LogP contribution in [0.3, 0.4) is 0 Å². The average Bonchev–Trinajstić information content (AvgIpc) is 2.66. The number of benzene rings is 1. The van der Waals surface area contributed by atoms with Crippen LogP contribution in [0, 0.1) is 11.3 Å². The van der Waals surface area contributed by atoms with E-state index in [4.69, 9.17) is 15.8 Å². The molecule has 8 heteroatoms. The fraction of sp³-hybridized carbons (Fsp3) is 0.357. The van der Waals surface area contributed by atoms with Gasteiger partial charge in [-0.05, 0) is 18.2 Å². The molecule has 1 aliphatic rings. The number of nitrogens with two attached hydrogens (primary N) is 1. The summed E-state index contributed by atoms with van der Waals surface area (Å²) in [5.41, 5.74) is 1.29. The van der Waals surface area contributed by atoms with Crippen molar-refractivity contribution in [1.82, 2.24) is 0 Å². The van der Waals surface area contributed by atoms with E-state index in [1.165, 1.54) is 0 Å². The SMILES string of the molecule is CN1C(=O)CCOc2ccc(C(N=NN)=NCCC#N)cc21. The zero-order chi connectivity index (χ0) is 15.9. The first-order valence-electron chi connectivity index (χ1n) is 6.73. The Morgan fingerprint density at radius 2 is 2.36 bits per heavy atom. The molecule has 0 aromatic heterocycles. The lowest BCUT2D eigenvalue weighted by atomic mass is 10.1. The number of carbonyl (C=O) groups is 1. The number of aliphatic imine (C=N–C) groups is 1. The highest BCUT2D eigenvalue weighted by atomic mass is 16.5. The van der Waals surface area contributed by atoms with Crippen LogP contribution in [0.15, 0.2) is 33.5 Å². The number of nitriles is 1. The van der Waals surface area contributed by atoms with Gasteiger partial charge in [0, 0.05) is 12.6 Å². The van der Waals surface area contributed by atoms with E-state index in [0.29, 0.717) is 42.4 Å². The fourth-order valence-corrected chi connectivity index (χ4v) is 2.04. The Labute approximate surface area is 127 Å². The standard InChI is InChI=1S/C14H16N6O2/c1-20-11-9-10(14(18-19-16)17-7-2-6-15)3-4-12(11)22-8-5-13(20)21/h3-4,9H,2,5,7-8H2,1H3,(H2,16,17,18). The van der Waals surface area contributed by atoms with Crippen molar-refractivity contribution in [2.75, 3.05) is 25.1 Å². The maximum Gasteiger partial charge on any atom is 0.230 e. The van der Waals surface area contributed by atoms with Gasteiger partial charge in [-0.1, -0.05) is 5.22 Å². The van der Waals surface area contributed by atoms with Gasteiger partial charge in [-0.15, -0.1) is 5.11 Å². The highest BCUT2D eigenvalue weighted by Crippen LogP contribution is 2.31. The Morgan fingerprint density at radius 1 is 1.55 bits per heavy atom. The second-order valence-corrected chi connectivity index (χ2v) is 4.56. The van der Waals surface area contributed by atoms with E-state index in [0.717, 1.165) is 0 Å². The molecule has 2 rings (SSSR count). The van der Waals surface area contributed by atoms with E-state index in [-0.39, 0.29) is 12.3 Å². The molecule has 2 N–H and O–H groups in total. The van der Waals surface area contributed by atoms with Gasteiger partial charge >= 0.3 is 0 Å². The van der Waals surface area contributed by atoms with Gasteiger partial charge in [-0.25, -0.2) is 0 Å². The third-order valence-electron chi connectivity index (χ3n) is 3.16. The lowest BCUT2D eigenvalue weighted by Crippen LogP contribution is -2.25. The van der Waals surface area contributed by atoms with Crippen molar-refractivity contribution in [2.24, 2.45) is 21.2 Å². The van der Waals surface area contributed by atoms with Crippen molar-refractivity contribution >= 4 is 17.4 Å². The molecule has 114 valence electrons. The topological polar surface area (TPSA) is 116 Å². The number of amidine groups is 1. The van der Waals surface area contributed by atoms with Crippen LogP contribution in [0.1, 0.15) is 18.4 Å². The zero-order valence-corrected chi connectivity index (χ0v) is 12.2. The van der Waals surface area contributed by atoms with Crippen LogP contribution in [-0.2, 0) is 4.79 Å². The van der Waals surface area contributed by atoms with E-state index >= 15 is 0 Å². The molecule has 0 radical (unpaired) electrons. The van der Waals surface area contributed by atoms with Crippen molar-refractivity contribution in [1.29, 1.82) is 5.26 Å². The first-order chi connectivity index (χ1) is 10.7. The molecule has 1 heterocycles.